The van der Waals surface area contributed by atoms with Crippen LogP contribution < -0.4 is 10.5 Å². The summed E-state index contributed by atoms with van der Waals surface area (Å²) < 4.78 is 99.3. The number of halogens is 6. The second-order valence-electron chi connectivity index (χ2n) is 12.1. The Kier molecular flexibility index (Phi) is 11.1. The Bertz CT molecular complexity index is 1740. The quantitative estimate of drug-likeness (QED) is 0.258. The van der Waals surface area contributed by atoms with Gasteiger partial charge in [-0.1, -0.05) is 40.2 Å². The summed E-state index contributed by atoms with van der Waals surface area (Å²) in [4.78, 5) is 24.3. The van der Waals surface area contributed by atoms with Crippen molar-refractivity contribution in [2.45, 2.75) is 86.8 Å². The Morgan fingerprint density at radius 1 is 0.958 bits per heavy atom. The molecule has 2 aliphatic rings. The minimum Gasteiger partial charge on any atom is -0.491 e. The molecule has 1 amide bonds. The molecule has 2 saturated heterocycles. The molecule has 3 unspecified atom stereocenters. The van der Waals surface area contributed by atoms with Crippen molar-refractivity contribution in [1.29, 1.82) is 0 Å². The molecule has 2 aliphatic heterocycles. The van der Waals surface area contributed by atoms with Gasteiger partial charge < -0.3 is 20.5 Å². The Hall–Kier alpha value is -3.34. The topological polar surface area (TPSA) is 130 Å². The van der Waals surface area contributed by atoms with Gasteiger partial charge in [-0.15, -0.1) is 0 Å². The molecular weight excluding hydrogens is 729 g/mol. The molecule has 3 aromatic carbocycles. The number of aliphatic carboxylic acids is 1. The van der Waals surface area contributed by atoms with Gasteiger partial charge in [0, 0.05) is 35.2 Å². The zero-order valence-electron chi connectivity index (χ0n) is 26.1. The fourth-order valence-electron chi connectivity index (χ4n) is 6.10. The molecule has 16 heteroatoms. The standard InChI is InChI=1S/C30H34BrF2N3O4S.C2HF3O2/c1-18(2)40-26-12-4-20-15-27(13-5-19(20)14-26)41(38,39)35(3)28(30(32,33)21-6-8-22(31)9-7-21)29(37)36-24-10-11-25(36)17-23(34)16-24;3-2(4,5)1(6)7/h4-9,12-15,18,23-25,28H,10-11,16-17,34H2,1-3H3;(H,6,7). The highest BCUT2D eigenvalue weighted by molar-refractivity contribution is 9.10. The first kappa shape index (κ1) is 37.5. The van der Waals surface area contributed by atoms with Crippen LogP contribution in [0.3, 0.4) is 0 Å². The van der Waals surface area contributed by atoms with Crippen molar-refractivity contribution in [1.82, 2.24) is 9.21 Å². The number of alkyl halides is 5. The van der Waals surface area contributed by atoms with Crippen LogP contribution in [0.1, 0.15) is 45.1 Å². The molecule has 2 bridgehead atoms. The smallest absolute Gasteiger partial charge is 0.490 e. The Balaban J connectivity index is 0.000000671. The van der Waals surface area contributed by atoms with E-state index in [-0.39, 0.29) is 29.1 Å². The number of nitrogens with zero attached hydrogens (tertiary/aromatic N) is 2. The van der Waals surface area contributed by atoms with Crippen LogP contribution in [0.4, 0.5) is 22.0 Å². The lowest BCUT2D eigenvalue weighted by molar-refractivity contribution is -0.192. The average molecular weight is 765 g/mol. The maximum absolute atomic E-state index is 16.4. The first-order valence-corrected chi connectivity index (χ1v) is 17.2. The second kappa shape index (κ2) is 14.3. The minimum atomic E-state index is -5.08. The molecule has 3 atom stereocenters. The monoisotopic (exact) mass is 763 g/mol. The Labute approximate surface area is 283 Å². The van der Waals surface area contributed by atoms with Crippen LogP contribution in [0, 0.1) is 0 Å². The van der Waals surface area contributed by atoms with Crippen molar-refractivity contribution in [2.24, 2.45) is 5.73 Å². The van der Waals surface area contributed by atoms with E-state index in [2.05, 4.69) is 15.9 Å². The highest BCUT2D eigenvalue weighted by Crippen LogP contribution is 2.42. The number of carboxylic acid groups (broad SMARTS) is 1. The largest absolute Gasteiger partial charge is 0.491 e. The fourth-order valence-corrected chi connectivity index (χ4v) is 7.71. The number of nitrogens with two attached hydrogens (primary N) is 1. The summed E-state index contributed by atoms with van der Waals surface area (Å²) in [6.45, 7) is 3.81. The van der Waals surface area contributed by atoms with E-state index in [0.29, 0.717) is 45.6 Å². The fraction of sp³-hybridized carbons (Fsp3) is 0.438. The van der Waals surface area contributed by atoms with Crippen LogP contribution in [0.25, 0.3) is 10.8 Å². The molecule has 0 aromatic heterocycles. The molecule has 262 valence electrons. The highest BCUT2D eigenvalue weighted by Gasteiger charge is 2.56. The van der Waals surface area contributed by atoms with E-state index in [0.717, 1.165) is 12.4 Å². The molecular formula is C32H35BrF5N3O6S. The molecule has 0 saturated carbocycles. The molecule has 0 aliphatic carbocycles. The van der Waals surface area contributed by atoms with Gasteiger partial charge in [0.1, 0.15) is 5.75 Å². The lowest BCUT2D eigenvalue weighted by atomic mass is 9.94. The number of carbonyl (C=O) groups excluding carboxylic acids is 1. The van der Waals surface area contributed by atoms with E-state index in [4.69, 9.17) is 20.4 Å². The van der Waals surface area contributed by atoms with Gasteiger partial charge in [0.25, 0.3) is 5.92 Å². The third kappa shape index (κ3) is 8.09. The van der Waals surface area contributed by atoms with Gasteiger partial charge in [0.2, 0.25) is 15.9 Å². The van der Waals surface area contributed by atoms with E-state index in [1.165, 1.54) is 41.3 Å². The van der Waals surface area contributed by atoms with Crippen molar-refractivity contribution < 1.29 is 49.8 Å². The molecule has 5 rings (SSSR count). The summed E-state index contributed by atoms with van der Waals surface area (Å²) in [6, 6.07) is 12.0. The summed E-state index contributed by atoms with van der Waals surface area (Å²) in [6.07, 6.45) is -2.80. The normalized spacial score (nSPS) is 20.4. The van der Waals surface area contributed by atoms with E-state index in [1.807, 2.05) is 13.8 Å². The number of carboxylic acids is 1. The third-order valence-corrected chi connectivity index (χ3v) is 10.6. The van der Waals surface area contributed by atoms with Crippen LogP contribution in [-0.4, -0.2) is 78.1 Å². The average Bonchev–Trinajstić information content (AvgIpc) is 3.27. The van der Waals surface area contributed by atoms with Gasteiger partial charge in [0.05, 0.1) is 11.0 Å². The maximum atomic E-state index is 16.4. The predicted molar refractivity (Wildman–Crippen MR) is 171 cm³/mol. The molecule has 9 nitrogen and oxygen atoms in total. The molecule has 0 spiro atoms. The van der Waals surface area contributed by atoms with Crippen LogP contribution in [-0.2, 0) is 25.5 Å². The summed E-state index contributed by atoms with van der Waals surface area (Å²) in [5, 5.41) is 8.46. The van der Waals surface area contributed by atoms with Gasteiger partial charge in [-0.25, -0.2) is 13.2 Å². The predicted octanol–water partition coefficient (Wildman–Crippen LogP) is 6.28. The van der Waals surface area contributed by atoms with Crippen LogP contribution in [0.2, 0.25) is 0 Å². The van der Waals surface area contributed by atoms with E-state index in [1.54, 1.807) is 24.3 Å². The van der Waals surface area contributed by atoms with Crippen LogP contribution >= 0.6 is 15.9 Å². The Morgan fingerprint density at radius 3 is 2.00 bits per heavy atom. The number of piperidine rings is 1. The van der Waals surface area contributed by atoms with Crippen LogP contribution in [0.5, 0.6) is 5.75 Å². The zero-order valence-corrected chi connectivity index (χ0v) is 28.5. The summed E-state index contributed by atoms with van der Waals surface area (Å²) in [5.74, 6) is -6.85. The van der Waals surface area contributed by atoms with E-state index < -0.39 is 45.6 Å². The van der Waals surface area contributed by atoms with Gasteiger partial charge in [-0.3, -0.25) is 4.79 Å². The molecule has 0 radical (unpaired) electrons. The number of hydrogen-bond acceptors (Lipinski definition) is 6. The molecule has 48 heavy (non-hydrogen) atoms. The van der Waals surface area contributed by atoms with Crippen molar-refractivity contribution >= 4 is 48.6 Å². The molecule has 2 heterocycles. The van der Waals surface area contributed by atoms with Crippen molar-refractivity contribution in [3.05, 3.63) is 70.7 Å². The van der Waals surface area contributed by atoms with E-state index in [9.17, 15) is 26.4 Å². The maximum Gasteiger partial charge on any atom is 0.490 e. The zero-order chi connectivity index (χ0) is 35.8. The van der Waals surface area contributed by atoms with Gasteiger partial charge in [0.15, 0.2) is 6.04 Å². The number of amides is 1. The number of sulfonamides is 1. The summed E-state index contributed by atoms with van der Waals surface area (Å²) >= 11 is 3.25. The van der Waals surface area contributed by atoms with E-state index >= 15 is 8.78 Å². The number of benzene rings is 3. The number of ether oxygens (including phenoxy) is 1. The first-order valence-electron chi connectivity index (χ1n) is 14.9. The Morgan fingerprint density at radius 2 is 1.48 bits per heavy atom. The summed E-state index contributed by atoms with van der Waals surface area (Å²) in [7, 11) is -3.46. The SMILES string of the molecule is CC(C)Oc1ccc2cc(S(=O)(=O)N(C)C(C(=O)N3C4CCC3CC(N)C4)C(F)(F)c3ccc(Br)cc3)ccc2c1.O=C(O)C(F)(F)F. The lowest BCUT2D eigenvalue weighted by Gasteiger charge is -2.42. The second-order valence-corrected chi connectivity index (χ2v) is 15.0. The highest BCUT2D eigenvalue weighted by atomic mass is 79.9. The minimum absolute atomic E-state index is 0.0338. The van der Waals surface area contributed by atoms with Crippen molar-refractivity contribution in [3.8, 4) is 5.75 Å². The number of carbonyl (C=O) groups is 2. The third-order valence-electron chi connectivity index (χ3n) is 8.27. The number of likely N-dealkylation sites (N-methyl/N-ethyl adjacent to an activating group) is 1. The van der Waals surface area contributed by atoms with Gasteiger partial charge in [-0.2, -0.15) is 26.3 Å². The molecule has 3 aromatic rings. The molecule has 2 fully saturated rings. The number of fused-ring (bicyclic) bond motifs is 3. The molecule has 3 N–H and O–H groups in total. The number of rotatable bonds is 8. The van der Waals surface area contributed by atoms with Crippen molar-refractivity contribution in [2.75, 3.05) is 7.05 Å². The number of hydrogen-bond donors (Lipinski definition) is 2. The van der Waals surface area contributed by atoms with Crippen molar-refractivity contribution in [3.63, 3.8) is 0 Å². The van der Waals surface area contributed by atoms with Gasteiger partial charge >= 0.3 is 12.1 Å². The van der Waals surface area contributed by atoms with Crippen LogP contribution in [0.15, 0.2) is 70.0 Å². The first-order chi connectivity index (χ1) is 22.2. The summed E-state index contributed by atoms with van der Waals surface area (Å²) in [5.41, 5.74) is 5.72. The van der Waals surface area contributed by atoms with Gasteiger partial charge in [-0.05, 0) is 86.7 Å². The lowest BCUT2D eigenvalue weighted by Crippen LogP contribution is -2.61.